The minimum absolute atomic E-state index is 0.0413. The zero-order valence-electron chi connectivity index (χ0n) is 17.6. The number of nitrogens with one attached hydrogen (secondary N) is 1. The lowest BCUT2D eigenvalue weighted by atomic mass is 10.1. The Balaban J connectivity index is 1.76. The molecule has 2 heterocycles. The lowest BCUT2D eigenvalue weighted by molar-refractivity contribution is -0.148. The summed E-state index contributed by atoms with van der Waals surface area (Å²) in [7, 11) is 0. The van der Waals surface area contributed by atoms with Gasteiger partial charge in [-0.25, -0.2) is 5.01 Å². The Morgan fingerprint density at radius 3 is 2.45 bits per heavy atom. The highest BCUT2D eigenvalue weighted by Crippen LogP contribution is 2.30. The first-order valence-electron chi connectivity index (χ1n) is 10.1. The molecule has 4 rings (SSSR count). The molecule has 1 aliphatic rings. The van der Waals surface area contributed by atoms with Crippen molar-refractivity contribution in [1.82, 2.24) is 9.99 Å². The Morgan fingerprint density at radius 1 is 1.06 bits per heavy atom. The molecule has 0 spiro atoms. The number of ether oxygens (including phenoxy) is 1. The van der Waals surface area contributed by atoms with Gasteiger partial charge in [-0.2, -0.15) is 0 Å². The summed E-state index contributed by atoms with van der Waals surface area (Å²) < 4.78 is 7.14. The molecule has 1 saturated heterocycles. The molecule has 0 atom stereocenters. The lowest BCUT2D eigenvalue weighted by Crippen LogP contribution is -2.35. The van der Waals surface area contributed by atoms with Crippen LogP contribution in [0.3, 0.4) is 0 Å². The number of nitrogens with zero attached hydrogens (tertiary/aromatic N) is 2. The predicted molar refractivity (Wildman–Crippen MR) is 118 cm³/mol. The van der Waals surface area contributed by atoms with Gasteiger partial charge in [-0.3, -0.25) is 19.8 Å². The largest absolute Gasteiger partial charge is 0.462 e. The normalized spacial score (nSPS) is 15.2. The van der Waals surface area contributed by atoms with E-state index in [4.69, 9.17) is 4.74 Å². The van der Waals surface area contributed by atoms with Crippen molar-refractivity contribution in [3.63, 3.8) is 0 Å². The van der Waals surface area contributed by atoms with Crippen molar-refractivity contribution >= 4 is 40.4 Å². The van der Waals surface area contributed by atoms with E-state index in [1.54, 1.807) is 44.2 Å². The summed E-state index contributed by atoms with van der Waals surface area (Å²) in [4.78, 5) is 37.9. The number of para-hydroxylation sites is 2. The molecule has 1 fully saturated rings. The van der Waals surface area contributed by atoms with Crippen molar-refractivity contribution in [2.75, 3.05) is 5.01 Å². The van der Waals surface area contributed by atoms with Gasteiger partial charge in [-0.15, -0.1) is 0 Å². The molecule has 0 saturated carbocycles. The van der Waals surface area contributed by atoms with Crippen molar-refractivity contribution < 1.29 is 19.1 Å². The summed E-state index contributed by atoms with van der Waals surface area (Å²) in [5.74, 6) is -1.24. The number of rotatable bonds is 5. The van der Waals surface area contributed by atoms with Crippen LogP contribution in [0, 0.1) is 6.92 Å². The molecule has 3 aromatic rings. The second-order valence-corrected chi connectivity index (χ2v) is 7.62. The van der Waals surface area contributed by atoms with Crippen LogP contribution in [0.25, 0.3) is 17.0 Å². The van der Waals surface area contributed by atoms with Crippen LogP contribution in [-0.4, -0.2) is 28.5 Å². The van der Waals surface area contributed by atoms with Gasteiger partial charge in [0.15, 0.2) is 0 Å². The van der Waals surface area contributed by atoms with Crippen LogP contribution in [0.1, 0.15) is 25.1 Å². The summed E-state index contributed by atoms with van der Waals surface area (Å²) in [5, 5.41) is 2.09. The number of hydrazine groups is 1. The Morgan fingerprint density at radius 2 is 1.74 bits per heavy atom. The maximum Gasteiger partial charge on any atom is 0.326 e. The van der Waals surface area contributed by atoms with Crippen LogP contribution < -0.4 is 10.4 Å². The average Bonchev–Trinajstić information content (AvgIpc) is 3.17. The summed E-state index contributed by atoms with van der Waals surface area (Å²) in [6.07, 6.45) is 1.39. The molecule has 2 amide bonds. The van der Waals surface area contributed by atoms with Crippen LogP contribution >= 0.6 is 0 Å². The zero-order chi connectivity index (χ0) is 22.1. The number of hydrogen-bond donors (Lipinski definition) is 1. The zero-order valence-corrected chi connectivity index (χ0v) is 17.6. The number of fused-ring (bicyclic) bond motifs is 1. The second kappa shape index (κ2) is 8.10. The molecule has 7 nitrogen and oxygen atoms in total. The topological polar surface area (TPSA) is 80.6 Å². The van der Waals surface area contributed by atoms with Crippen molar-refractivity contribution in [3.05, 3.63) is 71.4 Å². The fourth-order valence-corrected chi connectivity index (χ4v) is 3.73. The van der Waals surface area contributed by atoms with Crippen molar-refractivity contribution in [1.29, 1.82) is 0 Å². The number of carbonyl (C=O) groups excluding carboxylic acids is 3. The van der Waals surface area contributed by atoms with Gasteiger partial charge in [0.25, 0.3) is 11.8 Å². The molecule has 0 aliphatic carbocycles. The van der Waals surface area contributed by atoms with E-state index >= 15 is 0 Å². The fraction of sp³-hybridized carbons (Fsp3) is 0.208. The van der Waals surface area contributed by atoms with Crippen LogP contribution in [0.2, 0.25) is 0 Å². The highest BCUT2D eigenvalue weighted by Gasteiger charge is 2.35. The third-order valence-corrected chi connectivity index (χ3v) is 5.13. The summed E-state index contributed by atoms with van der Waals surface area (Å²) in [6.45, 7) is 5.51. The summed E-state index contributed by atoms with van der Waals surface area (Å²) in [5.41, 5.74) is 5.57. The number of carbonyl (C=O) groups is 3. The maximum absolute atomic E-state index is 13.0. The number of amides is 2. The summed E-state index contributed by atoms with van der Waals surface area (Å²) in [6, 6.07) is 16.5. The van der Waals surface area contributed by atoms with Gasteiger partial charge in [0.05, 0.1) is 11.8 Å². The lowest BCUT2D eigenvalue weighted by Gasteiger charge is -2.13. The average molecular weight is 417 g/mol. The van der Waals surface area contributed by atoms with Gasteiger partial charge in [0.2, 0.25) is 0 Å². The molecule has 1 aromatic heterocycles. The van der Waals surface area contributed by atoms with Crippen LogP contribution in [-0.2, 0) is 25.7 Å². The second-order valence-electron chi connectivity index (χ2n) is 7.62. The van der Waals surface area contributed by atoms with E-state index in [9.17, 15) is 14.4 Å². The van der Waals surface area contributed by atoms with Crippen LogP contribution in [0.4, 0.5) is 5.69 Å². The SMILES string of the molecule is Cc1c(C=C2C(=O)NN(c3ccccc3)C2=O)c2ccccc2n1CC(=O)OC(C)C. The van der Waals surface area contributed by atoms with Gasteiger partial charge in [-0.1, -0.05) is 36.4 Å². The summed E-state index contributed by atoms with van der Waals surface area (Å²) >= 11 is 0. The molecular formula is C24H23N3O4. The van der Waals surface area contributed by atoms with Crippen molar-refractivity contribution in [2.45, 2.75) is 33.4 Å². The molecule has 7 heteroatoms. The number of aromatic nitrogens is 1. The number of esters is 1. The predicted octanol–water partition coefficient (Wildman–Crippen LogP) is 3.36. The molecular weight excluding hydrogens is 394 g/mol. The molecule has 0 radical (unpaired) electrons. The first kappa shape index (κ1) is 20.4. The Bertz CT molecular complexity index is 1210. The van der Waals surface area contributed by atoms with Gasteiger partial charge in [0, 0.05) is 22.2 Å². The highest BCUT2D eigenvalue weighted by molar-refractivity contribution is 6.32. The molecule has 0 bridgehead atoms. The number of benzene rings is 2. The van der Waals surface area contributed by atoms with Crippen molar-refractivity contribution in [3.8, 4) is 0 Å². The Kier molecular flexibility index (Phi) is 5.33. The number of hydrogen-bond acceptors (Lipinski definition) is 4. The molecule has 1 aliphatic heterocycles. The van der Waals surface area contributed by atoms with E-state index in [-0.39, 0.29) is 24.2 Å². The van der Waals surface area contributed by atoms with E-state index < -0.39 is 11.8 Å². The molecule has 158 valence electrons. The highest BCUT2D eigenvalue weighted by atomic mass is 16.5. The van der Waals surface area contributed by atoms with Crippen LogP contribution in [0.15, 0.2) is 60.2 Å². The Hall–Kier alpha value is -3.87. The van der Waals surface area contributed by atoms with Gasteiger partial charge in [-0.05, 0) is 45.0 Å². The smallest absolute Gasteiger partial charge is 0.326 e. The third kappa shape index (κ3) is 3.82. The minimum Gasteiger partial charge on any atom is -0.462 e. The van der Waals surface area contributed by atoms with Crippen molar-refractivity contribution in [2.24, 2.45) is 0 Å². The number of anilines is 1. The van der Waals surface area contributed by atoms with Crippen LogP contribution in [0.5, 0.6) is 0 Å². The van der Waals surface area contributed by atoms with Gasteiger partial charge >= 0.3 is 5.97 Å². The first-order valence-corrected chi connectivity index (χ1v) is 10.1. The monoisotopic (exact) mass is 417 g/mol. The first-order chi connectivity index (χ1) is 14.9. The van der Waals surface area contributed by atoms with Gasteiger partial charge in [0.1, 0.15) is 12.1 Å². The molecule has 2 aromatic carbocycles. The molecule has 0 unspecified atom stereocenters. The minimum atomic E-state index is -0.468. The van der Waals surface area contributed by atoms with E-state index in [1.165, 1.54) is 5.01 Å². The van der Waals surface area contributed by atoms with E-state index in [2.05, 4.69) is 5.43 Å². The maximum atomic E-state index is 13.0. The fourth-order valence-electron chi connectivity index (χ4n) is 3.73. The quantitative estimate of drug-likeness (QED) is 0.392. The van der Waals surface area contributed by atoms with Gasteiger partial charge < -0.3 is 9.30 Å². The molecule has 31 heavy (non-hydrogen) atoms. The van der Waals surface area contributed by atoms with E-state index in [0.717, 1.165) is 22.2 Å². The van der Waals surface area contributed by atoms with E-state index in [0.29, 0.717) is 5.69 Å². The molecule has 1 N–H and O–H groups in total. The Labute approximate surface area is 179 Å². The standard InChI is InChI=1S/C24H23N3O4/c1-15(2)31-22(28)14-26-16(3)19(18-11-7-8-12-21(18)26)13-20-23(29)25-27(24(20)30)17-9-5-4-6-10-17/h4-13,15H,14H2,1-3H3,(H,25,29). The van der Waals surface area contributed by atoms with E-state index in [1.807, 2.05) is 41.8 Å². The third-order valence-electron chi connectivity index (χ3n) is 5.13.